The molecular weight excluding hydrogens is 262 g/mol. The largest absolute Gasteiger partial charge is 0.480 e. The number of hydrogen-bond acceptors (Lipinski definition) is 3. The van der Waals surface area contributed by atoms with Gasteiger partial charge in [0.05, 0.1) is 0 Å². The minimum absolute atomic E-state index is 0.155. The number of amides is 1. The number of rotatable bonds is 5. The Hall–Kier alpha value is -1.36. The Kier molecular flexibility index (Phi) is 4.58. The molecule has 0 bridgehead atoms. The summed E-state index contributed by atoms with van der Waals surface area (Å²) in [5.41, 5.74) is -1.02. The van der Waals surface area contributed by atoms with Crippen LogP contribution in [0.3, 0.4) is 0 Å². The molecule has 0 saturated heterocycles. The van der Waals surface area contributed by atoms with Gasteiger partial charge in [-0.25, -0.2) is 4.79 Å². The van der Waals surface area contributed by atoms with Crippen LogP contribution in [0, 0.1) is 0 Å². The summed E-state index contributed by atoms with van der Waals surface area (Å²) >= 11 is 1.62. The SMILES string of the molecule is O=C(CCc1cccs1)NC1(C(=O)O)CCCCC1. The first-order valence-electron chi connectivity index (χ1n) is 6.69. The van der Waals surface area contributed by atoms with Gasteiger partial charge in [-0.3, -0.25) is 4.79 Å². The van der Waals surface area contributed by atoms with Crippen molar-refractivity contribution in [3.63, 3.8) is 0 Å². The summed E-state index contributed by atoms with van der Waals surface area (Å²) in [6, 6.07) is 3.95. The Morgan fingerprint density at radius 2 is 2.05 bits per heavy atom. The molecule has 4 nitrogen and oxygen atoms in total. The Labute approximate surface area is 116 Å². The van der Waals surface area contributed by atoms with Crippen LogP contribution in [-0.4, -0.2) is 22.5 Å². The van der Waals surface area contributed by atoms with Crippen LogP contribution in [0.1, 0.15) is 43.4 Å². The van der Waals surface area contributed by atoms with E-state index in [0.717, 1.165) is 24.1 Å². The van der Waals surface area contributed by atoms with Crippen molar-refractivity contribution in [2.45, 2.75) is 50.5 Å². The molecule has 1 amide bonds. The van der Waals surface area contributed by atoms with Gasteiger partial charge in [0.15, 0.2) is 0 Å². The summed E-state index contributed by atoms with van der Waals surface area (Å²) in [5.74, 6) is -1.05. The average molecular weight is 281 g/mol. The van der Waals surface area contributed by atoms with Crippen molar-refractivity contribution >= 4 is 23.2 Å². The normalized spacial score (nSPS) is 17.9. The standard InChI is InChI=1S/C14H19NO3S/c16-12(7-6-11-5-4-10-19-11)15-14(13(17)18)8-2-1-3-9-14/h4-5,10H,1-3,6-9H2,(H,15,16)(H,17,18). The van der Waals surface area contributed by atoms with E-state index in [1.165, 1.54) is 0 Å². The molecule has 1 aliphatic rings. The highest BCUT2D eigenvalue weighted by molar-refractivity contribution is 7.09. The van der Waals surface area contributed by atoms with Gasteiger partial charge in [-0.1, -0.05) is 25.3 Å². The van der Waals surface area contributed by atoms with E-state index in [4.69, 9.17) is 0 Å². The molecule has 0 unspecified atom stereocenters. The topological polar surface area (TPSA) is 66.4 Å². The molecule has 19 heavy (non-hydrogen) atoms. The number of carboxylic acid groups (broad SMARTS) is 1. The summed E-state index contributed by atoms with van der Waals surface area (Å²) in [4.78, 5) is 24.5. The zero-order valence-corrected chi connectivity index (χ0v) is 11.7. The van der Waals surface area contributed by atoms with E-state index < -0.39 is 11.5 Å². The van der Waals surface area contributed by atoms with Crippen molar-refractivity contribution in [3.8, 4) is 0 Å². The van der Waals surface area contributed by atoms with Crippen LogP contribution < -0.4 is 5.32 Å². The lowest BCUT2D eigenvalue weighted by Gasteiger charge is -2.34. The van der Waals surface area contributed by atoms with Crippen LogP contribution in [0.5, 0.6) is 0 Å². The van der Waals surface area contributed by atoms with Crippen LogP contribution in [0.2, 0.25) is 0 Å². The maximum Gasteiger partial charge on any atom is 0.329 e. The van der Waals surface area contributed by atoms with Gasteiger partial charge in [-0.05, 0) is 30.7 Å². The smallest absolute Gasteiger partial charge is 0.329 e. The van der Waals surface area contributed by atoms with Gasteiger partial charge in [0, 0.05) is 11.3 Å². The predicted octanol–water partition coefficient (Wildman–Crippen LogP) is 2.58. The molecule has 1 aliphatic carbocycles. The van der Waals surface area contributed by atoms with Gasteiger partial charge in [-0.2, -0.15) is 0 Å². The molecule has 2 N–H and O–H groups in total. The number of carbonyl (C=O) groups is 2. The lowest BCUT2D eigenvalue weighted by Crippen LogP contribution is -2.55. The van der Waals surface area contributed by atoms with Crippen molar-refractivity contribution < 1.29 is 14.7 Å². The second-order valence-electron chi connectivity index (χ2n) is 5.08. The summed E-state index contributed by atoms with van der Waals surface area (Å²) < 4.78 is 0. The molecule has 0 radical (unpaired) electrons. The molecule has 1 fully saturated rings. The number of carboxylic acids is 1. The molecule has 2 rings (SSSR count). The van der Waals surface area contributed by atoms with Crippen molar-refractivity contribution in [3.05, 3.63) is 22.4 Å². The highest BCUT2D eigenvalue weighted by atomic mass is 32.1. The van der Waals surface area contributed by atoms with Crippen molar-refractivity contribution in [2.75, 3.05) is 0 Å². The Balaban J connectivity index is 1.90. The lowest BCUT2D eigenvalue weighted by atomic mass is 9.81. The fraction of sp³-hybridized carbons (Fsp3) is 0.571. The molecule has 5 heteroatoms. The maximum atomic E-state index is 11.9. The summed E-state index contributed by atoms with van der Waals surface area (Å²) in [6.07, 6.45) is 4.93. The second kappa shape index (κ2) is 6.19. The molecule has 0 aliphatic heterocycles. The number of carbonyl (C=O) groups excluding carboxylic acids is 1. The first kappa shape index (κ1) is 14.1. The number of aryl methyl sites for hydroxylation is 1. The monoisotopic (exact) mass is 281 g/mol. The quantitative estimate of drug-likeness (QED) is 0.871. The third kappa shape index (κ3) is 3.56. The predicted molar refractivity (Wildman–Crippen MR) is 74.2 cm³/mol. The van der Waals surface area contributed by atoms with Crippen LogP contribution in [-0.2, 0) is 16.0 Å². The lowest BCUT2D eigenvalue weighted by molar-refractivity contribution is -0.149. The van der Waals surface area contributed by atoms with E-state index in [2.05, 4.69) is 5.32 Å². The van der Waals surface area contributed by atoms with Crippen LogP contribution >= 0.6 is 11.3 Å². The van der Waals surface area contributed by atoms with E-state index in [-0.39, 0.29) is 5.91 Å². The average Bonchev–Trinajstić information content (AvgIpc) is 2.90. The number of nitrogens with one attached hydrogen (secondary N) is 1. The zero-order chi connectivity index (χ0) is 13.7. The Bertz CT molecular complexity index is 436. The van der Waals surface area contributed by atoms with E-state index in [9.17, 15) is 14.7 Å². The Morgan fingerprint density at radius 1 is 1.32 bits per heavy atom. The second-order valence-corrected chi connectivity index (χ2v) is 6.11. The minimum Gasteiger partial charge on any atom is -0.480 e. The number of aliphatic carboxylic acids is 1. The van der Waals surface area contributed by atoms with E-state index in [1.54, 1.807) is 11.3 Å². The summed E-state index contributed by atoms with van der Waals surface area (Å²) in [7, 11) is 0. The van der Waals surface area contributed by atoms with Crippen molar-refractivity contribution in [1.29, 1.82) is 0 Å². The minimum atomic E-state index is -1.02. The van der Waals surface area contributed by atoms with Gasteiger partial charge < -0.3 is 10.4 Å². The van der Waals surface area contributed by atoms with Crippen LogP contribution in [0.25, 0.3) is 0 Å². The Morgan fingerprint density at radius 3 is 2.63 bits per heavy atom. The first-order valence-corrected chi connectivity index (χ1v) is 7.57. The number of thiophene rings is 1. The first-order chi connectivity index (χ1) is 9.12. The zero-order valence-electron chi connectivity index (χ0n) is 10.9. The van der Waals surface area contributed by atoms with Crippen LogP contribution in [0.15, 0.2) is 17.5 Å². The third-order valence-electron chi connectivity index (χ3n) is 3.67. The molecule has 1 aromatic rings. The molecule has 0 atom stereocenters. The van der Waals surface area contributed by atoms with Crippen molar-refractivity contribution in [2.24, 2.45) is 0 Å². The van der Waals surface area contributed by atoms with E-state index in [1.807, 2.05) is 17.5 Å². The fourth-order valence-corrected chi connectivity index (χ4v) is 3.28. The van der Waals surface area contributed by atoms with Gasteiger partial charge in [0.2, 0.25) is 5.91 Å². The molecular formula is C14H19NO3S. The molecule has 1 saturated carbocycles. The molecule has 0 aromatic carbocycles. The van der Waals surface area contributed by atoms with Crippen LogP contribution in [0.4, 0.5) is 0 Å². The number of hydrogen-bond donors (Lipinski definition) is 2. The van der Waals surface area contributed by atoms with Gasteiger partial charge in [0.25, 0.3) is 0 Å². The third-order valence-corrected chi connectivity index (χ3v) is 4.61. The van der Waals surface area contributed by atoms with Gasteiger partial charge >= 0.3 is 5.97 Å². The van der Waals surface area contributed by atoms with Gasteiger partial charge in [0.1, 0.15) is 5.54 Å². The molecule has 0 spiro atoms. The molecule has 104 valence electrons. The highest BCUT2D eigenvalue weighted by Gasteiger charge is 2.40. The van der Waals surface area contributed by atoms with E-state index >= 15 is 0 Å². The maximum absolute atomic E-state index is 11.9. The fourth-order valence-electron chi connectivity index (χ4n) is 2.57. The summed E-state index contributed by atoms with van der Waals surface area (Å²) in [5, 5.41) is 14.1. The molecule has 1 aromatic heterocycles. The van der Waals surface area contributed by atoms with Crippen molar-refractivity contribution in [1.82, 2.24) is 5.32 Å². The molecule has 1 heterocycles. The van der Waals surface area contributed by atoms with Gasteiger partial charge in [-0.15, -0.1) is 11.3 Å². The highest BCUT2D eigenvalue weighted by Crippen LogP contribution is 2.28. The van der Waals surface area contributed by atoms with E-state index in [0.29, 0.717) is 25.7 Å². The summed E-state index contributed by atoms with van der Waals surface area (Å²) in [6.45, 7) is 0.